The lowest BCUT2D eigenvalue weighted by Crippen LogP contribution is -2.16. The Morgan fingerprint density at radius 2 is 1.62 bits per heavy atom. The molecule has 0 saturated heterocycles. The Hall–Kier alpha value is -2.84. The molecule has 0 radical (unpaired) electrons. The van der Waals surface area contributed by atoms with E-state index in [1.165, 1.54) is 12.1 Å². The summed E-state index contributed by atoms with van der Waals surface area (Å²) in [5.41, 5.74) is 2.28. The smallest absolute Gasteiger partial charge is 0.411 e. The molecule has 3 aromatic rings. The first-order valence-corrected chi connectivity index (χ1v) is 11.0. The summed E-state index contributed by atoms with van der Waals surface area (Å²) in [5, 5.41) is 2.61. The van der Waals surface area contributed by atoms with Crippen LogP contribution in [0.25, 0.3) is 0 Å². The van der Waals surface area contributed by atoms with E-state index >= 15 is 0 Å². The number of rotatable bonds is 6. The summed E-state index contributed by atoms with van der Waals surface area (Å²) >= 11 is 3.31. The Bertz CT molecular complexity index is 1100. The molecule has 0 atom stereocenters. The topological polar surface area (TPSA) is 84.5 Å². The zero-order chi connectivity index (χ0) is 20.9. The van der Waals surface area contributed by atoms with Crippen molar-refractivity contribution in [2.45, 2.75) is 18.4 Å². The van der Waals surface area contributed by atoms with Gasteiger partial charge in [0, 0.05) is 15.8 Å². The fourth-order valence-corrected chi connectivity index (χ4v) is 4.18. The van der Waals surface area contributed by atoms with Crippen molar-refractivity contribution < 1.29 is 17.9 Å². The van der Waals surface area contributed by atoms with Crippen molar-refractivity contribution >= 4 is 43.4 Å². The highest BCUT2D eigenvalue weighted by atomic mass is 79.9. The van der Waals surface area contributed by atoms with Crippen LogP contribution in [0, 0.1) is 6.92 Å². The fourth-order valence-electron chi connectivity index (χ4n) is 2.63. The molecule has 8 heteroatoms. The summed E-state index contributed by atoms with van der Waals surface area (Å²) < 4.78 is 33.9. The molecule has 0 bridgehead atoms. The SMILES string of the molecule is Cc1cc(NC(=O)OCc2ccccc2)ccc1S(=O)(=O)Nc1ccc(Br)cc1. The number of benzene rings is 3. The average Bonchev–Trinajstić information content (AvgIpc) is 2.69. The van der Waals surface area contributed by atoms with Crippen LogP contribution in [-0.2, 0) is 21.4 Å². The molecule has 0 fully saturated rings. The van der Waals surface area contributed by atoms with Crippen molar-refractivity contribution in [1.29, 1.82) is 0 Å². The van der Waals surface area contributed by atoms with E-state index in [0.717, 1.165) is 10.0 Å². The van der Waals surface area contributed by atoms with E-state index in [-0.39, 0.29) is 11.5 Å². The molecule has 0 aliphatic carbocycles. The number of hydrogen-bond donors (Lipinski definition) is 2. The Kier molecular flexibility index (Phi) is 6.56. The van der Waals surface area contributed by atoms with E-state index in [4.69, 9.17) is 4.74 Å². The molecule has 0 spiro atoms. The molecule has 2 N–H and O–H groups in total. The molecule has 3 rings (SSSR count). The summed E-state index contributed by atoms with van der Waals surface area (Å²) in [6.07, 6.45) is -0.614. The van der Waals surface area contributed by atoms with Gasteiger partial charge < -0.3 is 4.74 Å². The highest BCUT2D eigenvalue weighted by molar-refractivity contribution is 9.10. The lowest BCUT2D eigenvalue weighted by molar-refractivity contribution is 0.155. The largest absolute Gasteiger partial charge is 0.444 e. The van der Waals surface area contributed by atoms with Crippen LogP contribution in [0.15, 0.2) is 82.2 Å². The third-order valence-electron chi connectivity index (χ3n) is 4.02. The molecule has 1 amide bonds. The van der Waals surface area contributed by atoms with Gasteiger partial charge in [-0.05, 0) is 60.5 Å². The van der Waals surface area contributed by atoms with Crippen LogP contribution in [0.4, 0.5) is 16.2 Å². The minimum absolute atomic E-state index is 0.128. The first-order valence-electron chi connectivity index (χ1n) is 8.70. The van der Waals surface area contributed by atoms with Gasteiger partial charge in [-0.25, -0.2) is 13.2 Å². The van der Waals surface area contributed by atoms with Gasteiger partial charge in [-0.1, -0.05) is 46.3 Å². The van der Waals surface area contributed by atoms with Crippen LogP contribution in [-0.4, -0.2) is 14.5 Å². The molecule has 0 heterocycles. The number of aryl methyl sites for hydroxylation is 1. The van der Waals surface area contributed by atoms with Crippen LogP contribution < -0.4 is 10.0 Å². The number of carbonyl (C=O) groups excluding carboxylic acids is 1. The van der Waals surface area contributed by atoms with Crippen molar-refractivity contribution in [3.63, 3.8) is 0 Å². The second-order valence-corrected chi connectivity index (χ2v) is 8.85. The van der Waals surface area contributed by atoms with Gasteiger partial charge in [0.15, 0.2) is 0 Å². The molecule has 150 valence electrons. The first kappa shape index (κ1) is 20.9. The van der Waals surface area contributed by atoms with Crippen LogP contribution in [0.2, 0.25) is 0 Å². The van der Waals surface area contributed by atoms with Crippen molar-refractivity contribution in [2.24, 2.45) is 0 Å². The molecule has 0 unspecified atom stereocenters. The molecule has 0 saturated carbocycles. The summed E-state index contributed by atoms with van der Waals surface area (Å²) in [6.45, 7) is 1.81. The van der Waals surface area contributed by atoms with E-state index in [1.807, 2.05) is 30.3 Å². The van der Waals surface area contributed by atoms with E-state index in [9.17, 15) is 13.2 Å². The number of amides is 1. The molecule has 3 aromatic carbocycles. The van der Waals surface area contributed by atoms with E-state index in [1.54, 1.807) is 37.3 Å². The van der Waals surface area contributed by atoms with Crippen LogP contribution in [0.5, 0.6) is 0 Å². The second kappa shape index (κ2) is 9.11. The number of carbonyl (C=O) groups is 1. The summed E-state index contributed by atoms with van der Waals surface area (Å²) in [6, 6.07) is 20.7. The Balaban J connectivity index is 1.66. The predicted molar refractivity (Wildman–Crippen MR) is 116 cm³/mol. The lowest BCUT2D eigenvalue weighted by atomic mass is 10.2. The Labute approximate surface area is 178 Å². The maximum absolute atomic E-state index is 12.7. The maximum Gasteiger partial charge on any atom is 0.411 e. The Morgan fingerprint density at radius 3 is 2.28 bits per heavy atom. The molecular formula is C21H19BrN2O4S. The Morgan fingerprint density at radius 1 is 0.966 bits per heavy atom. The van der Waals surface area contributed by atoms with Crippen LogP contribution >= 0.6 is 15.9 Å². The lowest BCUT2D eigenvalue weighted by Gasteiger charge is -2.12. The number of halogens is 1. The number of nitrogens with one attached hydrogen (secondary N) is 2. The molecule has 0 aliphatic heterocycles. The molecule has 6 nitrogen and oxygen atoms in total. The molecule has 29 heavy (non-hydrogen) atoms. The predicted octanol–water partition coefficient (Wildman–Crippen LogP) is 5.31. The fraction of sp³-hybridized carbons (Fsp3) is 0.0952. The minimum Gasteiger partial charge on any atom is -0.444 e. The van der Waals surface area contributed by atoms with E-state index in [2.05, 4.69) is 26.0 Å². The van der Waals surface area contributed by atoms with E-state index < -0.39 is 16.1 Å². The zero-order valence-corrected chi connectivity index (χ0v) is 18.0. The molecular weight excluding hydrogens is 456 g/mol. The monoisotopic (exact) mass is 474 g/mol. The summed E-state index contributed by atoms with van der Waals surface area (Å²) in [4.78, 5) is 12.1. The van der Waals surface area contributed by atoms with Gasteiger partial charge >= 0.3 is 6.09 Å². The van der Waals surface area contributed by atoms with Gasteiger partial charge in [0.2, 0.25) is 0 Å². The van der Waals surface area contributed by atoms with Gasteiger partial charge in [0.1, 0.15) is 6.61 Å². The van der Waals surface area contributed by atoms with Crippen molar-refractivity contribution in [2.75, 3.05) is 10.0 Å². The first-order chi connectivity index (χ1) is 13.8. The molecule has 0 aromatic heterocycles. The minimum atomic E-state index is -3.76. The second-order valence-electron chi connectivity index (χ2n) is 6.28. The highest BCUT2D eigenvalue weighted by Gasteiger charge is 2.17. The maximum atomic E-state index is 12.7. The number of hydrogen-bond acceptors (Lipinski definition) is 4. The van der Waals surface area contributed by atoms with Crippen molar-refractivity contribution in [3.05, 3.63) is 88.4 Å². The normalized spacial score (nSPS) is 11.0. The number of sulfonamides is 1. The standard InChI is InChI=1S/C21H19BrN2O4S/c1-15-13-19(23-21(25)28-14-16-5-3-2-4-6-16)11-12-20(15)29(26,27)24-18-9-7-17(22)8-10-18/h2-13,24H,14H2,1H3,(H,23,25). The third-order valence-corrected chi connectivity index (χ3v) is 6.09. The van der Waals surface area contributed by atoms with Gasteiger partial charge in [0.25, 0.3) is 10.0 Å². The number of ether oxygens (including phenoxy) is 1. The van der Waals surface area contributed by atoms with Crippen LogP contribution in [0.1, 0.15) is 11.1 Å². The molecule has 0 aliphatic rings. The zero-order valence-electron chi connectivity index (χ0n) is 15.6. The van der Waals surface area contributed by atoms with Gasteiger partial charge in [-0.3, -0.25) is 10.0 Å². The van der Waals surface area contributed by atoms with Crippen molar-refractivity contribution in [3.8, 4) is 0 Å². The van der Waals surface area contributed by atoms with Crippen LogP contribution in [0.3, 0.4) is 0 Å². The quantitative estimate of drug-likeness (QED) is 0.506. The third kappa shape index (κ3) is 5.82. The average molecular weight is 475 g/mol. The summed E-state index contributed by atoms with van der Waals surface area (Å²) in [5.74, 6) is 0. The van der Waals surface area contributed by atoms with Gasteiger partial charge in [-0.15, -0.1) is 0 Å². The number of anilines is 2. The van der Waals surface area contributed by atoms with Gasteiger partial charge in [0.05, 0.1) is 4.90 Å². The van der Waals surface area contributed by atoms with E-state index in [0.29, 0.717) is 16.9 Å². The van der Waals surface area contributed by atoms with Gasteiger partial charge in [-0.2, -0.15) is 0 Å². The highest BCUT2D eigenvalue weighted by Crippen LogP contribution is 2.23. The summed E-state index contributed by atoms with van der Waals surface area (Å²) in [7, 11) is -3.76. The van der Waals surface area contributed by atoms with Crippen molar-refractivity contribution in [1.82, 2.24) is 0 Å².